The van der Waals surface area contributed by atoms with Crippen molar-refractivity contribution in [3.8, 4) is 22.7 Å². The fourth-order valence-corrected chi connectivity index (χ4v) is 2.95. The molecule has 148 valence electrons. The van der Waals surface area contributed by atoms with Crippen LogP contribution in [0.25, 0.3) is 16.9 Å². The summed E-state index contributed by atoms with van der Waals surface area (Å²) in [6.07, 6.45) is 1.61. The second kappa shape index (κ2) is 7.88. The highest BCUT2D eigenvalue weighted by molar-refractivity contribution is 6.08. The number of hydrogen-bond donors (Lipinski definition) is 2. The number of nitrogens with one attached hydrogen (secondary N) is 1. The van der Waals surface area contributed by atoms with Crippen molar-refractivity contribution < 1.29 is 14.8 Å². The van der Waals surface area contributed by atoms with E-state index in [2.05, 4.69) is 10.4 Å². The summed E-state index contributed by atoms with van der Waals surface area (Å²) < 4.78 is 1.59. The Morgan fingerprint density at radius 2 is 1.63 bits per heavy atom. The van der Waals surface area contributed by atoms with E-state index in [4.69, 9.17) is 0 Å². The molecule has 4 aromatic rings. The minimum Gasteiger partial charge on any atom is -0.508 e. The van der Waals surface area contributed by atoms with Gasteiger partial charge in [-0.25, -0.2) is 4.68 Å². The molecule has 1 heterocycles. The van der Waals surface area contributed by atoms with Crippen LogP contribution in [-0.4, -0.2) is 25.7 Å². The predicted molar refractivity (Wildman–Crippen MR) is 112 cm³/mol. The fourth-order valence-electron chi connectivity index (χ4n) is 2.95. The summed E-state index contributed by atoms with van der Waals surface area (Å²) in [7, 11) is 0. The fraction of sp³-hybridized carbons (Fsp3) is 0. The van der Waals surface area contributed by atoms with Gasteiger partial charge in [-0.15, -0.1) is 0 Å². The average Bonchev–Trinajstić information content (AvgIpc) is 3.22. The van der Waals surface area contributed by atoms with Crippen LogP contribution < -0.4 is 5.32 Å². The Morgan fingerprint density at radius 3 is 2.27 bits per heavy atom. The molecular formula is C22H16N4O4. The summed E-state index contributed by atoms with van der Waals surface area (Å²) in [6, 6.07) is 21.3. The molecule has 1 aromatic heterocycles. The van der Waals surface area contributed by atoms with E-state index < -0.39 is 10.8 Å². The molecule has 0 aliphatic heterocycles. The van der Waals surface area contributed by atoms with Crippen molar-refractivity contribution in [3.05, 3.63) is 101 Å². The number of carbonyl (C=O) groups excluding carboxylic acids is 1. The Kier molecular flexibility index (Phi) is 4.96. The van der Waals surface area contributed by atoms with E-state index in [1.165, 1.54) is 24.3 Å². The van der Waals surface area contributed by atoms with Crippen molar-refractivity contribution in [2.24, 2.45) is 0 Å². The smallest absolute Gasteiger partial charge is 0.269 e. The Bertz CT molecular complexity index is 1200. The molecule has 30 heavy (non-hydrogen) atoms. The zero-order valence-electron chi connectivity index (χ0n) is 15.6. The topological polar surface area (TPSA) is 110 Å². The van der Waals surface area contributed by atoms with Gasteiger partial charge in [-0.2, -0.15) is 5.10 Å². The van der Waals surface area contributed by atoms with Crippen LogP contribution in [0.1, 0.15) is 10.4 Å². The Labute approximate surface area is 171 Å². The molecular weight excluding hydrogens is 384 g/mol. The van der Waals surface area contributed by atoms with Crippen LogP contribution in [0.15, 0.2) is 85.1 Å². The van der Waals surface area contributed by atoms with Gasteiger partial charge in [0.2, 0.25) is 0 Å². The van der Waals surface area contributed by atoms with E-state index in [0.29, 0.717) is 22.5 Å². The highest BCUT2D eigenvalue weighted by atomic mass is 16.6. The Morgan fingerprint density at radius 1 is 0.967 bits per heavy atom. The van der Waals surface area contributed by atoms with Crippen molar-refractivity contribution in [1.29, 1.82) is 0 Å². The number of nitro groups is 1. The van der Waals surface area contributed by atoms with Crippen molar-refractivity contribution in [2.45, 2.75) is 0 Å². The van der Waals surface area contributed by atoms with E-state index in [-0.39, 0.29) is 11.4 Å². The lowest BCUT2D eigenvalue weighted by Gasteiger charge is -2.05. The number of aromatic nitrogens is 2. The molecule has 0 saturated heterocycles. The van der Waals surface area contributed by atoms with Crippen LogP contribution in [0.2, 0.25) is 0 Å². The number of para-hydroxylation sites is 1. The molecule has 0 aliphatic carbocycles. The van der Waals surface area contributed by atoms with Gasteiger partial charge in [-0.3, -0.25) is 14.9 Å². The van der Waals surface area contributed by atoms with E-state index in [9.17, 15) is 20.0 Å². The summed E-state index contributed by atoms with van der Waals surface area (Å²) in [5, 5.41) is 27.7. The molecule has 3 aromatic carbocycles. The molecule has 8 nitrogen and oxygen atoms in total. The monoisotopic (exact) mass is 400 g/mol. The number of benzene rings is 3. The summed E-state index contributed by atoms with van der Waals surface area (Å²) in [5.74, 6) is -0.298. The first-order valence-corrected chi connectivity index (χ1v) is 9.01. The zero-order chi connectivity index (χ0) is 21.1. The molecule has 0 saturated carbocycles. The third kappa shape index (κ3) is 3.88. The highest BCUT2D eigenvalue weighted by Gasteiger charge is 2.19. The number of nitro benzene ring substituents is 1. The van der Waals surface area contributed by atoms with Crippen molar-refractivity contribution in [3.63, 3.8) is 0 Å². The normalized spacial score (nSPS) is 10.5. The second-order valence-corrected chi connectivity index (χ2v) is 6.48. The number of phenolic OH excluding ortho intramolecular Hbond substituents is 1. The van der Waals surface area contributed by atoms with Crippen LogP contribution in [0.4, 0.5) is 11.4 Å². The molecule has 8 heteroatoms. The van der Waals surface area contributed by atoms with Crippen molar-refractivity contribution in [2.75, 3.05) is 5.32 Å². The lowest BCUT2D eigenvalue weighted by Crippen LogP contribution is -2.12. The molecule has 0 unspecified atom stereocenters. The maximum atomic E-state index is 13.0. The van der Waals surface area contributed by atoms with Gasteiger partial charge >= 0.3 is 0 Å². The van der Waals surface area contributed by atoms with E-state index >= 15 is 0 Å². The maximum Gasteiger partial charge on any atom is 0.269 e. The number of phenols is 1. The molecule has 0 fully saturated rings. The van der Waals surface area contributed by atoms with E-state index in [0.717, 1.165) is 5.69 Å². The maximum absolute atomic E-state index is 13.0. The second-order valence-electron chi connectivity index (χ2n) is 6.48. The van der Waals surface area contributed by atoms with Gasteiger partial charge in [-0.1, -0.05) is 18.2 Å². The Balaban J connectivity index is 1.75. The quantitative estimate of drug-likeness (QED) is 0.293. The molecule has 1 amide bonds. The molecule has 0 spiro atoms. The van der Waals surface area contributed by atoms with Gasteiger partial charge in [0.05, 0.1) is 16.2 Å². The number of nitrogens with zero attached hydrogens (tertiary/aromatic N) is 3. The molecule has 0 bridgehead atoms. The number of amides is 1. The first-order chi connectivity index (χ1) is 14.5. The highest BCUT2D eigenvalue weighted by Crippen LogP contribution is 2.27. The van der Waals surface area contributed by atoms with E-state index in [1.807, 2.05) is 30.3 Å². The lowest BCUT2D eigenvalue weighted by molar-refractivity contribution is -0.384. The van der Waals surface area contributed by atoms with Gasteiger partial charge in [0, 0.05) is 29.6 Å². The zero-order valence-corrected chi connectivity index (χ0v) is 15.6. The number of aromatic hydroxyl groups is 1. The average molecular weight is 400 g/mol. The summed E-state index contributed by atoms with van der Waals surface area (Å²) >= 11 is 0. The van der Waals surface area contributed by atoms with Crippen LogP contribution in [0.5, 0.6) is 5.75 Å². The molecule has 0 radical (unpaired) electrons. The number of rotatable bonds is 5. The van der Waals surface area contributed by atoms with Gasteiger partial charge in [0.1, 0.15) is 11.4 Å². The SMILES string of the molecule is O=C(Nc1ccc(O)cc1)c1cn(-c2ccccc2)nc1-c1ccc([N+](=O)[O-])cc1. The Hall–Kier alpha value is -4.46. The minimum atomic E-state index is -0.481. The summed E-state index contributed by atoms with van der Waals surface area (Å²) in [6.45, 7) is 0. The van der Waals surface area contributed by atoms with Gasteiger partial charge < -0.3 is 10.4 Å². The molecule has 0 atom stereocenters. The van der Waals surface area contributed by atoms with Gasteiger partial charge in [0.25, 0.3) is 11.6 Å². The largest absolute Gasteiger partial charge is 0.508 e. The number of anilines is 1. The van der Waals surface area contributed by atoms with Gasteiger partial charge in [0.15, 0.2) is 0 Å². The standard InChI is InChI=1S/C22H16N4O4/c27-19-12-8-16(9-13-19)23-22(28)20-14-25(17-4-2-1-3-5-17)24-21(20)15-6-10-18(11-7-15)26(29)30/h1-14,27H,(H,23,28). The third-order valence-electron chi connectivity index (χ3n) is 4.46. The number of carbonyl (C=O) groups is 1. The van der Waals surface area contributed by atoms with Crippen LogP contribution in [0.3, 0.4) is 0 Å². The van der Waals surface area contributed by atoms with Crippen LogP contribution in [0, 0.1) is 10.1 Å². The van der Waals surface area contributed by atoms with Gasteiger partial charge in [-0.05, 0) is 48.5 Å². The molecule has 0 aliphatic rings. The summed E-state index contributed by atoms with van der Waals surface area (Å²) in [5.41, 5.74) is 2.51. The number of non-ortho nitro benzene ring substituents is 1. The van der Waals surface area contributed by atoms with Crippen molar-refractivity contribution >= 4 is 17.3 Å². The molecule has 4 rings (SSSR count). The lowest BCUT2D eigenvalue weighted by atomic mass is 10.1. The van der Waals surface area contributed by atoms with Crippen LogP contribution in [-0.2, 0) is 0 Å². The number of hydrogen-bond acceptors (Lipinski definition) is 5. The third-order valence-corrected chi connectivity index (χ3v) is 4.46. The van der Waals surface area contributed by atoms with E-state index in [1.54, 1.807) is 35.1 Å². The predicted octanol–water partition coefficient (Wildman–Crippen LogP) is 4.41. The molecule has 2 N–H and O–H groups in total. The summed E-state index contributed by atoms with van der Waals surface area (Å²) in [4.78, 5) is 23.4. The first kappa shape index (κ1) is 18.9. The van der Waals surface area contributed by atoms with Crippen molar-refractivity contribution in [1.82, 2.24) is 9.78 Å². The first-order valence-electron chi connectivity index (χ1n) is 9.01. The van der Waals surface area contributed by atoms with Crippen LogP contribution >= 0.6 is 0 Å². The minimum absolute atomic E-state index is 0.0451.